The van der Waals surface area contributed by atoms with Crippen molar-refractivity contribution in [3.05, 3.63) is 53.6 Å². The van der Waals surface area contributed by atoms with Crippen LogP contribution in [0.5, 0.6) is 0 Å². The maximum atomic E-state index is 11.9. The van der Waals surface area contributed by atoms with E-state index in [1.54, 1.807) is 0 Å². The number of rotatable bonds is 6. The van der Waals surface area contributed by atoms with Crippen LogP contribution in [0.1, 0.15) is 35.7 Å². The molecule has 21 heavy (non-hydrogen) atoms. The van der Waals surface area contributed by atoms with Gasteiger partial charge in [-0.05, 0) is 25.3 Å². The highest BCUT2D eigenvalue weighted by molar-refractivity contribution is 5.78. The Bertz CT molecular complexity index is 628. The normalized spacial score (nSPS) is 14.1. The van der Waals surface area contributed by atoms with E-state index in [1.165, 1.54) is 24.2 Å². The van der Waals surface area contributed by atoms with Crippen LogP contribution in [-0.2, 0) is 17.8 Å². The average molecular weight is 283 g/mol. The van der Waals surface area contributed by atoms with E-state index in [4.69, 9.17) is 0 Å². The number of aryl methyl sites for hydroxylation is 1. The van der Waals surface area contributed by atoms with Crippen molar-refractivity contribution in [3.8, 4) is 0 Å². The number of benzene rings is 1. The molecule has 1 amide bonds. The van der Waals surface area contributed by atoms with E-state index in [0.717, 1.165) is 12.1 Å². The van der Waals surface area contributed by atoms with Gasteiger partial charge in [-0.1, -0.05) is 29.8 Å². The van der Waals surface area contributed by atoms with Gasteiger partial charge < -0.3 is 9.88 Å². The van der Waals surface area contributed by atoms with Crippen LogP contribution >= 0.6 is 0 Å². The first kappa shape index (κ1) is 13.9. The second kappa shape index (κ2) is 6.12. The Balaban J connectivity index is 1.46. The van der Waals surface area contributed by atoms with Gasteiger partial charge in [0.15, 0.2) is 0 Å². The van der Waals surface area contributed by atoms with Gasteiger partial charge in [-0.2, -0.15) is 0 Å². The largest absolute Gasteiger partial charge is 0.354 e. The van der Waals surface area contributed by atoms with E-state index < -0.39 is 0 Å². The van der Waals surface area contributed by atoms with Crippen molar-refractivity contribution in [2.24, 2.45) is 0 Å². The maximum absolute atomic E-state index is 11.9. The SMILES string of the molecule is Cc1cccc(CC(=O)NCCn2ccnc2C2CC2)c1. The summed E-state index contributed by atoms with van der Waals surface area (Å²) in [5.74, 6) is 1.89. The number of nitrogens with one attached hydrogen (secondary N) is 1. The van der Waals surface area contributed by atoms with Crippen LogP contribution in [0.15, 0.2) is 36.7 Å². The van der Waals surface area contributed by atoms with E-state index in [-0.39, 0.29) is 5.91 Å². The highest BCUT2D eigenvalue weighted by Gasteiger charge is 2.27. The fourth-order valence-corrected chi connectivity index (χ4v) is 2.60. The molecule has 0 saturated heterocycles. The molecule has 1 aliphatic carbocycles. The molecule has 2 aromatic rings. The minimum atomic E-state index is 0.0775. The third-order valence-corrected chi connectivity index (χ3v) is 3.81. The zero-order valence-corrected chi connectivity index (χ0v) is 12.4. The molecule has 1 aromatic heterocycles. The second-order valence-electron chi connectivity index (χ2n) is 5.77. The predicted octanol–water partition coefficient (Wildman–Crippen LogP) is 2.43. The molecule has 0 unspecified atom stereocenters. The first-order chi connectivity index (χ1) is 10.2. The summed E-state index contributed by atoms with van der Waals surface area (Å²) in [6.07, 6.45) is 6.79. The number of carbonyl (C=O) groups is 1. The Morgan fingerprint density at radius 2 is 2.29 bits per heavy atom. The van der Waals surface area contributed by atoms with Crippen LogP contribution in [0.3, 0.4) is 0 Å². The Kier molecular flexibility index (Phi) is 4.04. The number of hydrogen-bond donors (Lipinski definition) is 1. The number of amides is 1. The highest BCUT2D eigenvalue weighted by atomic mass is 16.1. The molecule has 110 valence electrons. The third-order valence-electron chi connectivity index (χ3n) is 3.81. The predicted molar refractivity (Wildman–Crippen MR) is 82.1 cm³/mol. The topological polar surface area (TPSA) is 46.9 Å². The van der Waals surface area contributed by atoms with E-state index in [9.17, 15) is 4.79 Å². The van der Waals surface area contributed by atoms with Crippen molar-refractivity contribution in [3.63, 3.8) is 0 Å². The third kappa shape index (κ3) is 3.72. The highest BCUT2D eigenvalue weighted by Crippen LogP contribution is 2.38. The summed E-state index contributed by atoms with van der Waals surface area (Å²) in [6, 6.07) is 8.08. The zero-order chi connectivity index (χ0) is 14.7. The Morgan fingerprint density at radius 1 is 1.43 bits per heavy atom. The van der Waals surface area contributed by atoms with E-state index in [2.05, 4.69) is 20.9 Å². The molecule has 0 atom stereocenters. The molecule has 1 aromatic carbocycles. The number of hydrogen-bond acceptors (Lipinski definition) is 2. The van der Waals surface area contributed by atoms with Gasteiger partial charge in [-0.3, -0.25) is 4.79 Å². The van der Waals surface area contributed by atoms with Crippen LogP contribution in [-0.4, -0.2) is 22.0 Å². The van der Waals surface area contributed by atoms with Crippen molar-refractivity contribution in [2.45, 2.75) is 38.6 Å². The molecule has 0 bridgehead atoms. The van der Waals surface area contributed by atoms with Crippen LogP contribution in [0.2, 0.25) is 0 Å². The zero-order valence-electron chi connectivity index (χ0n) is 12.4. The molecular weight excluding hydrogens is 262 g/mol. The molecule has 1 aliphatic rings. The number of carbonyl (C=O) groups excluding carboxylic acids is 1. The summed E-state index contributed by atoms with van der Waals surface area (Å²) < 4.78 is 2.16. The van der Waals surface area contributed by atoms with Gasteiger partial charge in [-0.25, -0.2) is 4.98 Å². The molecule has 0 spiro atoms. The molecule has 3 rings (SSSR count). The summed E-state index contributed by atoms with van der Waals surface area (Å²) in [5, 5.41) is 2.99. The molecule has 0 radical (unpaired) electrons. The number of nitrogens with zero attached hydrogens (tertiary/aromatic N) is 2. The van der Waals surface area contributed by atoms with Crippen LogP contribution < -0.4 is 5.32 Å². The fourth-order valence-electron chi connectivity index (χ4n) is 2.60. The second-order valence-corrected chi connectivity index (χ2v) is 5.77. The Labute approximate surface area is 125 Å². The van der Waals surface area contributed by atoms with Crippen LogP contribution in [0.4, 0.5) is 0 Å². The number of aromatic nitrogens is 2. The molecule has 0 aliphatic heterocycles. The molecule has 4 heteroatoms. The summed E-state index contributed by atoms with van der Waals surface area (Å²) in [7, 11) is 0. The van der Waals surface area contributed by atoms with Crippen molar-refractivity contribution in [2.75, 3.05) is 6.54 Å². The van der Waals surface area contributed by atoms with Crippen molar-refractivity contribution >= 4 is 5.91 Å². The summed E-state index contributed by atoms with van der Waals surface area (Å²) in [6.45, 7) is 3.49. The lowest BCUT2D eigenvalue weighted by molar-refractivity contribution is -0.120. The van der Waals surface area contributed by atoms with Gasteiger partial charge in [0.2, 0.25) is 5.91 Å². The van der Waals surface area contributed by atoms with Gasteiger partial charge >= 0.3 is 0 Å². The Morgan fingerprint density at radius 3 is 3.05 bits per heavy atom. The standard InChI is InChI=1S/C17H21N3O/c1-13-3-2-4-14(11-13)12-16(21)18-7-9-20-10-8-19-17(20)15-5-6-15/h2-4,8,10-11,15H,5-7,9,12H2,1H3,(H,18,21). The van der Waals surface area contributed by atoms with Gasteiger partial charge in [0, 0.05) is 31.4 Å². The quantitative estimate of drug-likeness (QED) is 0.885. The van der Waals surface area contributed by atoms with Crippen molar-refractivity contribution in [1.29, 1.82) is 0 Å². The first-order valence-corrected chi connectivity index (χ1v) is 7.55. The van der Waals surface area contributed by atoms with E-state index in [0.29, 0.717) is 18.9 Å². The maximum Gasteiger partial charge on any atom is 0.224 e. The fraction of sp³-hybridized carbons (Fsp3) is 0.412. The Hall–Kier alpha value is -2.10. The lowest BCUT2D eigenvalue weighted by Gasteiger charge is -2.09. The molecule has 1 heterocycles. The molecule has 1 saturated carbocycles. The average Bonchev–Trinajstić information content (AvgIpc) is 3.19. The van der Waals surface area contributed by atoms with Gasteiger partial charge in [-0.15, -0.1) is 0 Å². The monoisotopic (exact) mass is 283 g/mol. The van der Waals surface area contributed by atoms with E-state index in [1.807, 2.05) is 37.5 Å². The first-order valence-electron chi connectivity index (χ1n) is 7.55. The van der Waals surface area contributed by atoms with Gasteiger partial charge in [0.25, 0.3) is 0 Å². The molecular formula is C17H21N3O. The van der Waals surface area contributed by atoms with Crippen molar-refractivity contribution < 1.29 is 4.79 Å². The lowest BCUT2D eigenvalue weighted by Crippen LogP contribution is -2.28. The molecule has 1 N–H and O–H groups in total. The number of imidazole rings is 1. The molecule has 1 fully saturated rings. The van der Waals surface area contributed by atoms with Crippen LogP contribution in [0, 0.1) is 6.92 Å². The minimum Gasteiger partial charge on any atom is -0.354 e. The van der Waals surface area contributed by atoms with Gasteiger partial charge in [0.05, 0.1) is 6.42 Å². The smallest absolute Gasteiger partial charge is 0.224 e. The van der Waals surface area contributed by atoms with Gasteiger partial charge in [0.1, 0.15) is 5.82 Å². The molecule has 4 nitrogen and oxygen atoms in total. The summed E-state index contributed by atoms with van der Waals surface area (Å²) in [5.41, 5.74) is 2.25. The summed E-state index contributed by atoms with van der Waals surface area (Å²) >= 11 is 0. The summed E-state index contributed by atoms with van der Waals surface area (Å²) in [4.78, 5) is 16.4. The van der Waals surface area contributed by atoms with E-state index >= 15 is 0 Å². The lowest BCUT2D eigenvalue weighted by atomic mass is 10.1. The minimum absolute atomic E-state index is 0.0775. The van der Waals surface area contributed by atoms with Crippen molar-refractivity contribution in [1.82, 2.24) is 14.9 Å². The van der Waals surface area contributed by atoms with Crippen LogP contribution in [0.25, 0.3) is 0 Å².